The average Bonchev–Trinajstić information content (AvgIpc) is 3.45. The molecule has 12 heteroatoms. The zero-order valence-electron chi connectivity index (χ0n) is 22.7. The molecule has 40 heavy (non-hydrogen) atoms. The fraction of sp³-hybridized carbons (Fsp3) is 0.429. The van der Waals surface area contributed by atoms with E-state index in [1.165, 1.54) is 11.3 Å². The molecule has 2 aliphatic rings. The third kappa shape index (κ3) is 5.16. The van der Waals surface area contributed by atoms with Crippen molar-refractivity contribution < 1.29 is 23.8 Å². The highest BCUT2D eigenvalue weighted by molar-refractivity contribution is 7.22. The lowest BCUT2D eigenvalue weighted by Gasteiger charge is -2.35. The zero-order chi connectivity index (χ0) is 28.0. The van der Waals surface area contributed by atoms with Gasteiger partial charge >= 0.3 is 6.09 Å². The summed E-state index contributed by atoms with van der Waals surface area (Å²) in [6.07, 6.45) is 1.34. The summed E-state index contributed by atoms with van der Waals surface area (Å²) in [7, 11) is 0. The Morgan fingerprint density at radius 2 is 1.95 bits per heavy atom. The van der Waals surface area contributed by atoms with Gasteiger partial charge in [-0.3, -0.25) is 10.1 Å². The van der Waals surface area contributed by atoms with Crippen LogP contribution in [0.1, 0.15) is 33.6 Å². The molecule has 0 aliphatic carbocycles. The van der Waals surface area contributed by atoms with Crippen molar-refractivity contribution >= 4 is 55.4 Å². The Morgan fingerprint density at radius 3 is 2.75 bits per heavy atom. The van der Waals surface area contributed by atoms with Crippen molar-refractivity contribution in [1.29, 1.82) is 0 Å². The van der Waals surface area contributed by atoms with Gasteiger partial charge in [-0.15, -0.1) is 0 Å². The number of benzene rings is 2. The molecule has 2 aromatic heterocycles. The van der Waals surface area contributed by atoms with Crippen molar-refractivity contribution in [3.05, 3.63) is 30.3 Å². The molecular formula is C28H32N6O5S. The molecule has 4 aromatic rings. The number of hydrogen-bond acceptors (Lipinski definition) is 9. The molecule has 210 valence electrons. The van der Waals surface area contributed by atoms with Gasteiger partial charge in [-0.25, -0.2) is 14.8 Å². The monoisotopic (exact) mass is 564 g/mol. The number of ether oxygens (including phenoxy) is 3. The van der Waals surface area contributed by atoms with Gasteiger partial charge in [0.2, 0.25) is 5.91 Å². The van der Waals surface area contributed by atoms with E-state index in [9.17, 15) is 9.59 Å². The van der Waals surface area contributed by atoms with E-state index in [-0.39, 0.29) is 6.61 Å². The number of thiazole rings is 1. The Labute approximate surface area is 235 Å². The molecule has 6 rings (SSSR count). The number of hydrogen-bond donors (Lipinski definition) is 2. The van der Waals surface area contributed by atoms with Gasteiger partial charge in [-0.05, 0) is 57.9 Å². The molecule has 0 saturated carbocycles. The maximum atomic E-state index is 12.2. The summed E-state index contributed by atoms with van der Waals surface area (Å²) in [5.41, 5.74) is 9.36. The quantitative estimate of drug-likeness (QED) is 0.370. The number of nitrogens with zero attached hydrogens (tertiary/aromatic N) is 4. The van der Waals surface area contributed by atoms with Crippen LogP contribution in [0.25, 0.3) is 32.6 Å². The van der Waals surface area contributed by atoms with Crippen LogP contribution < -0.4 is 20.7 Å². The molecule has 4 heterocycles. The lowest BCUT2D eigenvalue weighted by molar-refractivity contribution is -0.121. The van der Waals surface area contributed by atoms with Crippen LogP contribution in [0, 0.1) is 0 Å². The lowest BCUT2D eigenvalue weighted by Crippen LogP contribution is -2.52. The predicted molar refractivity (Wildman–Crippen MR) is 154 cm³/mol. The first kappa shape index (κ1) is 26.3. The molecule has 0 unspecified atom stereocenters. The molecule has 2 amide bonds. The van der Waals surface area contributed by atoms with E-state index >= 15 is 0 Å². The van der Waals surface area contributed by atoms with Gasteiger partial charge in [0.15, 0.2) is 5.13 Å². The number of carbonyl (C=O) groups is 2. The fourth-order valence-corrected chi connectivity index (χ4v) is 6.03. The number of anilines is 2. The Kier molecular flexibility index (Phi) is 6.75. The van der Waals surface area contributed by atoms with Gasteiger partial charge in [0.1, 0.15) is 28.7 Å². The number of rotatable bonds is 4. The fourth-order valence-electron chi connectivity index (χ4n) is 5.14. The minimum atomic E-state index is -0.597. The molecule has 0 bridgehead atoms. The number of nitrogens with two attached hydrogens (primary N) is 1. The molecule has 1 saturated heterocycles. The Morgan fingerprint density at radius 1 is 1.10 bits per heavy atom. The maximum absolute atomic E-state index is 12.2. The van der Waals surface area contributed by atoms with Crippen LogP contribution in [0.3, 0.4) is 0 Å². The molecule has 2 aromatic carbocycles. The first-order chi connectivity index (χ1) is 19.2. The average molecular weight is 565 g/mol. The van der Waals surface area contributed by atoms with Crippen molar-refractivity contribution in [2.75, 3.05) is 36.6 Å². The highest BCUT2D eigenvalue weighted by Gasteiger charge is 2.30. The molecule has 1 fully saturated rings. The first-order valence-corrected chi connectivity index (χ1v) is 14.2. The van der Waals surface area contributed by atoms with Gasteiger partial charge < -0.3 is 29.4 Å². The third-order valence-electron chi connectivity index (χ3n) is 6.87. The topological polar surface area (TPSA) is 134 Å². The number of aryl methyl sites for hydroxylation is 1. The van der Waals surface area contributed by atoms with E-state index in [2.05, 4.69) is 14.9 Å². The van der Waals surface area contributed by atoms with Crippen LogP contribution in [0.5, 0.6) is 5.75 Å². The summed E-state index contributed by atoms with van der Waals surface area (Å²) >= 11 is 1.38. The second-order valence-electron chi connectivity index (χ2n) is 11.0. The number of fused-ring (bicyclic) bond motifs is 1. The van der Waals surface area contributed by atoms with Crippen molar-refractivity contribution in [2.45, 2.75) is 51.8 Å². The smallest absolute Gasteiger partial charge is 0.413 e. The number of nitrogens with one attached hydrogen (secondary N) is 1. The molecule has 0 spiro atoms. The zero-order valence-corrected chi connectivity index (χ0v) is 23.5. The van der Waals surface area contributed by atoms with Crippen LogP contribution in [-0.2, 0) is 20.8 Å². The standard InChI is InChI=1S/C28H32N6O5S/c1-28(2,3)39-27(36)32-26-31-18-7-6-16(12-22(18)40-26)25-30-19-13-17(33-9-11-37-15-20(33)24(29)35)14-21-23(19)34(25)8-4-5-10-38-21/h6-7,12-14,20H,4-5,8-11,15H2,1-3H3,(H2,29,35)(H,31,32,36)/t20-/m0/s1. The number of primary amides is 1. The van der Waals surface area contributed by atoms with E-state index in [1.807, 2.05) is 56.0 Å². The van der Waals surface area contributed by atoms with E-state index in [1.54, 1.807) is 0 Å². The van der Waals surface area contributed by atoms with Crippen LogP contribution in [-0.4, -0.2) is 64.5 Å². The number of aromatic nitrogens is 3. The van der Waals surface area contributed by atoms with Crippen LogP contribution in [0.2, 0.25) is 0 Å². The molecule has 1 atom stereocenters. The second-order valence-corrected chi connectivity index (χ2v) is 12.0. The summed E-state index contributed by atoms with van der Waals surface area (Å²) in [5.74, 6) is 1.14. The Bertz CT molecular complexity index is 1610. The summed E-state index contributed by atoms with van der Waals surface area (Å²) in [4.78, 5) is 36.0. The maximum Gasteiger partial charge on any atom is 0.413 e. The summed E-state index contributed by atoms with van der Waals surface area (Å²) in [6.45, 7) is 8.18. The third-order valence-corrected chi connectivity index (χ3v) is 7.80. The summed E-state index contributed by atoms with van der Waals surface area (Å²) in [6, 6.07) is 9.41. The Balaban J connectivity index is 1.40. The number of morpholine rings is 1. The van der Waals surface area contributed by atoms with E-state index in [4.69, 9.17) is 24.9 Å². The van der Waals surface area contributed by atoms with Gasteiger partial charge in [0.05, 0.1) is 35.6 Å². The molecule has 11 nitrogen and oxygen atoms in total. The van der Waals surface area contributed by atoms with E-state index in [0.29, 0.717) is 24.9 Å². The predicted octanol–water partition coefficient (Wildman–Crippen LogP) is 4.52. The number of imidazole rings is 1. The van der Waals surface area contributed by atoms with E-state index in [0.717, 1.165) is 63.5 Å². The summed E-state index contributed by atoms with van der Waals surface area (Å²) in [5, 5.41) is 3.21. The molecule has 3 N–H and O–H groups in total. The molecular weight excluding hydrogens is 532 g/mol. The van der Waals surface area contributed by atoms with Crippen LogP contribution in [0.15, 0.2) is 30.3 Å². The largest absolute Gasteiger partial charge is 0.491 e. The van der Waals surface area contributed by atoms with Gasteiger partial charge in [-0.1, -0.05) is 11.3 Å². The van der Waals surface area contributed by atoms with Gasteiger partial charge in [0, 0.05) is 30.4 Å². The molecule has 0 radical (unpaired) electrons. The number of carbonyl (C=O) groups excluding carboxylic acids is 2. The van der Waals surface area contributed by atoms with Crippen molar-refractivity contribution in [1.82, 2.24) is 14.5 Å². The van der Waals surface area contributed by atoms with Crippen molar-refractivity contribution in [3.8, 4) is 17.1 Å². The van der Waals surface area contributed by atoms with E-state index < -0.39 is 23.6 Å². The van der Waals surface area contributed by atoms with Crippen molar-refractivity contribution in [3.63, 3.8) is 0 Å². The Hall–Kier alpha value is -3.90. The molecule has 2 aliphatic heterocycles. The SMILES string of the molecule is CC(C)(C)OC(=O)Nc1nc2ccc(-c3nc4cc(N5CCOC[C@H]5C(N)=O)cc5c4n3CCCCO5)cc2s1. The highest BCUT2D eigenvalue weighted by Crippen LogP contribution is 2.38. The van der Waals surface area contributed by atoms with Gasteiger partial charge in [0.25, 0.3) is 0 Å². The first-order valence-electron chi connectivity index (χ1n) is 13.4. The van der Waals surface area contributed by atoms with Gasteiger partial charge in [-0.2, -0.15) is 0 Å². The van der Waals surface area contributed by atoms with Crippen LogP contribution in [0.4, 0.5) is 15.6 Å². The van der Waals surface area contributed by atoms with Crippen molar-refractivity contribution in [2.24, 2.45) is 5.73 Å². The minimum absolute atomic E-state index is 0.253. The minimum Gasteiger partial charge on any atom is -0.491 e. The summed E-state index contributed by atoms with van der Waals surface area (Å²) < 4.78 is 20.2. The lowest BCUT2D eigenvalue weighted by atomic mass is 10.1. The normalized spacial score (nSPS) is 17.8. The number of amides is 2. The second kappa shape index (κ2) is 10.3. The van der Waals surface area contributed by atoms with Crippen LogP contribution >= 0.6 is 11.3 Å². The highest BCUT2D eigenvalue weighted by atomic mass is 32.1.